The topological polar surface area (TPSA) is 139 Å². The van der Waals surface area contributed by atoms with Gasteiger partial charge in [-0.3, -0.25) is 9.59 Å². The number of carbonyl (C=O) groups excluding carboxylic acids is 1. The third-order valence-corrected chi connectivity index (χ3v) is 4.19. The molecule has 0 aliphatic heterocycles. The first-order valence-electron chi connectivity index (χ1n) is 6.00. The number of hydrogen-bond donors (Lipinski definition) is 4. The highest BCUT2D eigenvalue weighted by molar-refractivity contribution is 7.89. The van der Waals surface area contributed by atoms with Gasteiger partial charge in [-0.05, 0) is 31.7 Å². The van der Waals surface area contributed by atoms with Gasteiger partial charge >= 0.3 is 5.97 Å². The molecule has 5 N–H and O–H groups in total. The van der Waals surface area contributed by atoms with E-state index in [1.165, 1.54) is 25.2 Å². The number of carboxylic acid groups (broad SMARTS) is 1. The summed E-state index contributed by atoms with van der Waals surface area (Å²) in [7, 11) is -2.37. The molecule has 0 aromatic heterocycles. The molecule has 1 atom stereocenters. The summed E-state index contributed by atoms with van der Waals surface area (Å²) in [6.07, 6.45) is -0.514. The molecule has 116 valence electrons. The van der Waals surface area contributed by atoms with Crippen molar-refractivity contribution in [3.63, 3.8) is 0 Å². The van der Waals surface area contributed by atoms with Gasteiger partial charge in [0.05, 0.1) is 17.4 Å². The zero-order chi connectivity index (χ0) is 16.2. The molecule has 0 heterocycles. The number of carboxylic acids is 1. The second kappa shape index (κ2) is 6.66. The Morgan fingerprint density at radius 3 is 2.52 bits per heavy atom. The van der Waals surface area contributed by atoms with Crippen LogP contribution in [-0.2, 0) is 19.6 Å². The molecule has 9 heteroatoms. The summed E-state index contributed by atoms with van der Waals surface area (Å²) in [5.74, 6) is -1.89. The van der Waals surface area contributed by atoms with Crippen molar-refractivity contribution in [2.24, 2.45) is 5.73 Å². The van der Waals surface area contributed by atoms with Crippen LogP contribution in [0.1, 0.15) is 12.0 Å². The van der Waals surface area contributed by atoms with Crippen LogP contribution in [0.3, 0.4) is 0 Å². The lowest BCUT2D eigenvalue weighted by Gasteiger charge is -2.13. The van der Waals surface area contributed by atoms with E-state index in [0.717, 1.165) is 0 Å². The van der Waals surface area contributed by atoms with E-state index in [9.17, 15) is 18.0 Å². The number of sulfonamides is 1. The number of benzene rings is 1. The first-order valence-corrected chi connectivity index (χ1v) is 7.48. The number of amides is 1. The average Bonchev–Trinajstić information content (AvgIpc) is 2.40. The van der Waals surface area contributed by atoms with Crippen LogP contribution in [0.5, 0.6) is 0 Å². The molecule has 1 aromatic rings. The highest BCUT2D eigenvalue weighted by Crippen LogP contribution is 2.20. The number of hydrogen-bond acceptors (Lipinski definition) is 5. The highest BCUT2D eigenvalue weighted by atomic mass is 32.2. The van der Waals surface area contributed by atoms with Gasteiger partial charge in [-0.1, -0.05) is 6.07 Å². The van der Waals surface area contributed by atoms with Crippen LogP contribution in [-0.4, -0.2) is 38.5 Å². The van der Waals surface area contributed by atoms with Gasteiger partial charge in [-0.15, -0.1) is 0 Å². The number of anilines is 1. The predicted molar refractivity (Wildman–Crippen MR) is 76.3 cm³/mol. The molecule has 0 saturated heterocycles. The van der Waals surface area contributed by atoms with E-state index in [4.69, 9.17) is 10.8 Å². The molecule has 0 radical (unpaired) electrons. The summed E-state index contributed by atoms with van der Waals surface area (Å²) in [6, 6.07) is 3.00. The Morgan fingerprint density at radius 1 is 1.38 bits per heavy atom. The van der Waals surface area contributed by atoms with Crippen molar-refractivity contribution in [2.75, 3.05) is 12.4 Å². The van der Waals surface area contributed by atoms with E-state index in [0.29, 0.717) is 5.56 Å². The molecular weight excluding hydrogens is 298 g/mol. The number of aliphatic carboxylic acids is 1. The van der Waals surface area contributed by atoms with E-state index in [1.54, 1.807) is 6.92 Å². The van der Waals surface area contributed by atoms with Crippen LogP contribution in [0.2, 0.25) is 0 Å². The molecule has 0 saturated carbocycles. The quantitative estimate of drug-likeness (QED) is 0.565. The first kappa shape index (κ1) is 17.1. The van der Waals surface area contributed by atoms with Gasteiger partial charge in [-0.25, -0.2) is 13.1 Å². The Balaban J connectivity index is 3.01. The van der Waals surface area contributed by atoms with Crippen molar-refractivity contribution in [3.8, 4) is 0 Å². The molecule has 1 rings (SSSR count). The maximum atomic E-state index is 11.8. The highest BCUT2D eigenvalue weighted by Gasteiger charge is 2.19. The van der Waals surface area contributed by atoms with Crippen molar-refractivity contribution in [3.05, 3.63) is 23.8 Å². The molecule has 1 amide bonds. The first-order chi connectivity index (χ1) is 9.67. The van der Waals surface area contributed by atoms with Crippen LogP contribution >= 0.6 is 0 Å². The maximum Gasteiger partial charge on any atom is 0.305 e. The third kappa shape index (κ3) is 4.52. The largest absolute Gasteiger partial charge is 0.481 e. The number of nitrogens with two attached hydrogens (primary N) is 1. The van der Waals surface area contributed by atoms with Crippen molar-refractivity contribution < 1.29 is 23.1 Å². The second-order valence-electron chi connectivity index (χ2n) is 4.38. The zero-order valence-corrected chi connectivity index (χ0v) is 12.4. The molecule has 0 bridgehead atoms. The average molecular weight is 315 g/mol. The van der Waals surface area contributed by atoms with Crippen LogP contribution in [0.4, 0.5) is 5.69 Å². The fraction of sp³-hybridized carbons (Fsp3) is 0.333. The predicted octanol–water partition coefficient (Wildman–Crippen LogP) is -0.356. The SMILES string of the molecule is CNS(=O)(=O)c1ccc(C)c(NC(=O)C(N)CC(=O)O)c1. The lowest BCUT2D eigenvalue weighted by atomic mass is 10.1. The molecule has 0 spiro atoms. The second-order valence-corrected chi connectivity index (χ2v) is 6.26. The Labute approximate surface area is 122 Å². The van der Waals surface area contributed by atoms with E-state index >= 15 is 0 Å². The minimum atomic E-state index is -3.64. The lowest BCUT2D eigenvalue weighted by molar-refractivity contribution is -0.138. The normalized spacial score (nSPS) is 12.7. The molecule has 0 fully saturated rings. The van der Waals surface area contributed by atoms with E-state index in [1.807, 2.05) is 0 Å². The van der Waals surface area contributed by atoms with Gasteiger partial charge in [0.2, 0.25) is 15.9 Å². The van der Waals surface area contributed by atoms with Crippen LogP contribution in [0.25, 0.3) is 0 Å². The Kier molecular flexibility index (Phi) is 5.41. The summed E-state index contributed by atoms with van der Waals surface area (Å²) in [6.45, 7) is 1.67. The number of carbonyl (C=O) groups is 2. The summed E-state index contributed by atoms with van der Waals surface area (Å²) in [5.41, 5.74) is 6.33. The summed E-state index contributed by atoms with van der Waals surface area (Å²) in [4.78, 5) is 22.3. The van der Waals surface area contributed by atoms with Crippen LogP contribution in [0.15, 0.2) is 23.1 Å². The summed E-state index contributed by atoms with van der Waals surface area (Å²) < 4.78 is 25.6. The Morgan fingerprint density at radius 2 is 2.00 bits per heavy atom. The van der Waals surface area contributed by atoms with E-state index < -0.39 is 34.4 Å². The molecule has 8 nitrogen and oxygen atoms in total. The lowest BCUT2D eigenvalue weighted by Crippen LogP contribution is -2.37. The van der Waals surface area contributed by atoms with Crippen molar-refractivity contribution in [1.29, 1.82) is 0 Å². The standard InChI is InChI=1S/C12H17N3O5S/c1-7-3-4-8(21(19,20)14-2)5-10(7)15-12(18)9(13)6-11(16)17/h3-5,9,14H,6,13H2,1-2H3,(H,15,18)(H,16,17). The number of rotatable bonds is 6. The van der Waals surface area contributed by atoms with Crippen LogP contribution in [0, 0.1) is 6.92 Å². The minimum Gasteiger partial charge on any atom is -0.481 e. The van der Waals surface area contributed by atoms with E-state index in [-0.39, 0.29) is 10.6 Å². The summed E-state index contributed by atoms with van der Waals surface area (Å²) >= 11 is 0. The van der Waals surface area contributed by atoms with E-state index in [2.05, 4.69) is 10.0 Å². The fourth-order valence-corrected chi connectivity index (χ4v) is 2.28. The van der Waals surface area contributed by atoms with Gasteiger partial charge in [0, 0.05) is 5.69 Å². The van der Waals surface area contributed by atoms with Gasteiger partial charge in [-0.2, -0.15) is 0 Å². The molecule has 21 heavy (non-hydrogen) atoms. The maximum absolute atomic E-state index is 11.8. The molecule has 1 aromatic carbocycles. The number of nitrogens with one attached hydrogen (secondary N) is 2. The summed E-state index contributed by atoms with van der Waals surface area (Å²) in [5, 5.41) is 11.0. The Hall–Kier alpha value is -1.97. The monoisotopic (exact) mass is 315 g/mol. The van der Waals surface area contributed by atoms with Gasteiger partial charge in [0.15, 0.2) is 0 Å². The van der Waals surface area contributed by atoms with Gasteiger partial charge < -0.3 is 16.2 Å². The number of aryl methyl sites for hydroxylation is 1. The molecule has 0 aliphatic carbocycles. The Bertz CT molecular complexity index is 657. The minimum absolute atomic E-state index is 0.0160. The molecule has 1 unspecified atom stereocenters. The van der Waals surface area contributed by atoms with Crippen molar-refractivity contribution >= 4 is 27.6 Å². The van der Waals surface area contributed by atoms with Gasteiger partial charge in [0.1, 0.15) is 0 Å². The molecular formula is C12H17N3O5S. The smallest absolute Gasteiger partial charge is 0.305 e. The van der Waals surface area contributed by atoms with Crippen molar-refractivity contribution in [1.82, 2.24) is 4.72 Å². The van der Waals surface area contributed by atoms with Crippen molar-refractivity contribution in [2.45, 2.75) is 24.3 Å². The van der Waals surface area contributed by atoms with Crippen LogP contribution < -0.4 is 15.8 Å². The zero-order valence-electron chi connectivity index (χ0n) is 11.6. The van der Waals surface area contributed by atoms with Gasteiger partial charge in [0.25, 0.3) is 0 Å². The fourth-order valence-electron chi connectivity index (χ4n) is 1.53. The molecule has 0 aliphatic rings. The third-order valence-electron chi connectivity index (χ3n) is 2.78.